The molecule has 0 aliphatic carbocycles. The van der Waals surface area contributed by atoms with E-state index in [4.69, 9.17) is 16.3 Å². The van der Waals surface area contributed by atoms with E-state index in [9.17, 15) is 5.11 Å². The van der Waals surface area contributed by atoms with E-state index < -0.39 is 0 Å². The molecule has 0 bridgehead atoms. The maximum absolute atomic E-state index is 9.17. The summed E-state index contributed by atoms with van der Waals surface area (Å²) in [5, 5.41) is 9.88. The molecule has 0 fully saturated rings. The van der Waals surface area contributed by atoms with E-state index in [1.807, 2.05) is 24.1 Å². The zero-order valence-corrected chi connectivity index (χ0v) is 10.4. The standard InChI is InChI=1S/C12H18ClNO2/c1-10(15)9-14(2)7-8-16-12-5-3-11(13)4-6-12/h3-6,10,15H,7-9H2,1-2H3. The first-order valence-electron chi connectivity index (χ1n) is 5.33. The number of aliphatic hydroxyl groups excluding tert-OH is 1. The lowest BCUT2D eigenvalue weighted by atomic mass is 10.3. The summed E-state index contributed by atoms with van der Waals surface area (Å²) in [6, 6.07) is 7.29. The molecule has 0 saturated carbocycles. The van der Waals surface area contributed by atoms with Crippen molar-refractivity contribution < 1.29 is 9.84 Å². The minimum Gasteiger partial charge on any atom is -0.492 e. The number of hydrogen-bond acceptors (Lipinski definition) is 3. The predicted octanol–water partition coefficient (Wildman–Crippen LogP) is 2.03. The topological polar surface area (TPSA) is 32.7 Å². The van der Waals surface area contributed by atoms with Crippen LogP contribution in [0, 0.1) is 0 Å². The van der Waals surface area contributed by atoms with Gasteiger partial charge in [0.2, 0.25) is 0 Å². The van der Waals surface area contributed by atoms with Crippen molar-refractivity contribution in [1.29, 1.82) is 0 Å². The summed E-state index contributed by atoms with van der Waals surface area (Å²) in [7, 11) is 1.96. The smallest absolute Gasteiger partial charge is 0.119 e. The molecule has 1 atom stereocenters. The van der Waals surface area contributed by atoms with E-state index in [2.05, 4.69) is 0 Å². The summed E-state index contributed by atoms with van der Waals surface area (Å²) < 4.78 is 5.53. The highest BCUT2D eigenvalue weighted by atomic mass is 35.5. The maximum Gasteiger partial charge on any atom is 0.119 e. The van der Waals surface area contributed by atoms with E-state index in [-0.39, 0.29) is 6.10 Å². The first-order chi connectivity index (χ1) is 7.58. The number of rotatable bonds is 6. The number of likely N-dealkylation sites (N-methyl/N-ethyl adjacent to an activating group) is 1. The fourth-order valence-electron chi connectivity index (χ4n) is 1.39. The molecule has 1 aromatic rings. The second-order valence-electron chi connectivity index (χ2n) is 3.91. The number of ether oxygens (including phenoxy) is 1. The van der Waals surface area contributed by atoms with Gasteiger partial charge >= 0.3 is 0 Å². The summed E-state index contributed by atoms with van der Waals surface area (Å²) in [5.41, 5.74) is 0. The van der Waals surface area contributed by atoms with Crippen LogP contribution in [-0.4, -0.2) is 42.9 Å². The molecule has 0 saturated heterocycles. The monoisotopic (exact) mass is 243 g/mol. The number of hydrogen-bond donors (Lipinski definition) is 1. The number of halogens is 1. The molecule has 4 heteroatoms. The zero-order chi connectivity index (χ0) is 12.0. The molecular formula is C12H18ClNO2. The largest absolute Gasteiger partial charge is 0.492 e. The Kier molecular flexibility index (Phi) is 5.60. The quantitative estimate of drug-likeness (QED) is 0.830. The summed E-state index contributed by atoms with van der Waals surface area (Å²) in [6.45, 7) is 3.82. The van der Waals surface area contributed by atoms with E-state index in [1.165, 1.54) is 0 Å². The third-order valence-electron chi connectivity index (χ3n) is 2.13. The Hall–Kier alpha value is -0.770. The predicted molar refractivity (Wildman–Crippen MR) is 66.1 cm³/mol. The molecule has 0 aromatic heterocycles. The molecule has 16 heavy (non-hydrogen) atoms. The van der Waals surface area contributed by atoms with Gasteiger partial charge in [0, 0.05) is 18.1 Å². The molecule has 1 aromatic carbocycles. The van der Waals surface area contributed by atoms with Crippen LogP contribution < -0.4 is 4.74 Å². The van der Waals surface area contributed by atoms with Crippen LogP contribution in [0.2, 0.25) is 5.02 Å². The summed E-state index contributed by atoms with van der Waals surface area (Å²) >= 11 is 5.76. The Balaban J connectivity index is 2.22. The van der Waals surface area contributed by atoms with Crippen molar-refractivity contribution in [3.8, 4) is 5.75 Å². The van der Waals surface area contributed by atoms with Crippen molar-refractivity contribution in [3.63, 3.8) is 0 Å². The maximum atomic E-state index is 9.17. The van der Waals surface area contributed by atoms with Crippen LogP contribution in [0.3, 0.4) is 0 Å². The summed E-state index contributed by atoms with van der Waals surface area (Å²) in [5.74, 6) is 0.815. The van der Waals surface area contributed by atoms with Crippen LogP contribution in [-0.2, 0) is 0 Å². The Morgan fingerprint density at radius 3 is 2.56 bits per heavy atom. The minimum atomic E-state index is -0.305. The van der Waals surface area contributed by atoms with Crippen LogP contribution >= 0.6 is 11.6 Å². The third kappa shape index (κ3) is 5.35. The third-order valence-corrected chi connectivity index (χ3v) is 2.38. The van der Waals surface area contributed by atoms with Crippen LogP contribution in [0.4, 0.5) is 0 Å². The molecular weight excluding hydrogens is 226 g/mol. The first-order valence-corrected chi connectivity index (χ1v) is 5.70. The van der Waals surface area contributed by atoms with Crippen molar-refractivity contribution in [2.24, 2.45) is 0 Å². The average Bonchev–Trinajstić information content (AvgIpc) is 2.20. The van der Waals surface area contributed by atoms with Gasteiger partial charge in [-0.3, -0.25) is 0 Å². The molecule has 0 amide bonds. The van der Waals surface area contributed by atoms with Gasteiger partial charge in [0.1, 0.15) is 12.4 Å². The minimum absolute atomic E-state index is 0.305. The highest BCUT2D eigenvalue weighted by molar-refractivity contribution is 6.30. The molecule has 90 valence electrons. The lowest BCUT2D eigenvalue weighted by molar-refractivity contribution is 0.131. The lowest BCUT2D eigenvalue weighted by Crippen LogP contribution is -2.30. The van der Waals surface area contributed by atoms with Crippen LogP contribution in [0.5, 0.6) is 5.75 Å². The number of aliphatic hydroxyl groups is 1. The summed E-state index contributed by atoms with van der Waals surface area (Å²) in [4.78, 5) is 2.03. The Labute approximate surface area is 102 Å². The van der Waals surface area contributed by atoms with Gasteiger partial charge in [-0.05, 0) is 38.2 Å². The van der Waals surface area contributed by atoms with Crippen molar-refractivity contribution in [2.45, 2.75) is 13.0 Å². The highest BCUT2D eigenvalue weighted by Crippen LogP contribution is 2.15. The van der Waals surface area contributed by atoms with Gasteiger partial charge in [-0.1, -0.05) is 11.6 Å². The second kappa shape index (κ2) is 6.74. The molecule has 0 radical (unpaired) electrons. The Morgan fingerprint density at radius 2 is 2.00 bits per heavy atom. The summed E-state index contributed by atoms with van der Waals surface area (Å²) in [6.07, 6.45) is -0.305. The van der Waals surface area contributed by atoms with Gasteiger partial charge in [-0.15, -0.1) is 0 Å². The Morgan fingerprint density at radius 1 is 1.38 bits per heavy atom. The van der Waals surface area contributed by atoms with Crippen LogP contribution in [0.25, 0.3) is 0 Å². The van der Waals surface area contributed by atoms with Gasteiger partial charge in [-0.25, -0.2) is 0 Å². The fraction of sp³-hybridized carbons (Fsp3) is 0.500. The lowest BCUT2D eigenvalue weighted by Gasteiger charge is -2.18. The van der Waals surface area contributed by atoms with E-state index in [0.717, 1.165) is 12.3 Å². The highest BCUT2D eigenvalue weighted by Gasteiger charge is 2.02. The zero-order valence-electron chi connectivity index (χ0n) is 9.69. The van der Waals surface area contributed by atoms with E-state index in [0.29, 0.717) is 18.2 Å². The molecule has 3 nitrogen and oxygen atoms in total. The van der Waals surface area contributed by atoms with Crippen molar-refractivity contribution in [1.82, 2.24) is 4.90 Å². The molecule has 1 N–H and O–H groups in total. The normalized spacial score (nSPS) is 12.8. The molecule has 0 heterocycles. The van der Waals surface area contributed by atoms with Gasteiger partial charge in [-0.2, -0.15) is 0 Å². The van der Waals surface area contributed by atoms with Crippen molar-refractivity contribution in [3.05, 3.63) is 29.3 Å². The number of nitrogens with zero attached hydrogens (tertiary/aromatic N) is 1. The average molecular weight is 244 g/mol. The number of benzene rings is 1. The van der Waals surface area contributed by atoms with Gasteiger partial charge in [0.15, 0.2) is 0 Å². The molecule has 0 aliphatic heterocycles. The molecule has 0 spiro atoms. The van der Waals surface area contributed by atoms with Gasteiger partial charge in [0.05, 0.1) is 6.10 Å². The van der Waals surface area contributed by atoms with Gasteiger partial charge in [0.25, 0.3) is 0 Å². The first kappa shape index (κ1) is 13.3. The van der Waals surface area contributed by atoms with Crippen molar-refractivity contribution >= 4 is 11.6 Å². The van der Waals surface area contributed by atoms with Crippen LogP contribution in [0.1, 0.15) is 6.92 Å². The molecule has 0 aliphatic rings. The van der Waals surface area contributed by atoms with Crippen molar-refractivity contribution in [2.75, 3.05) is 26.7 Å². The molecule has 1 unspecified atom stereocenters. The molecule has 1 rings (SSSR count). The van der Waals surface area contributed by atoms with E-state index in [1.54, 1.807) is 19.1 Å². The van der Waals surface area contributed by atoms with E-state index >= 15 is 0 Å². The van der Waals surface area contributed by atoms with Crippen LogP contribution in [0.15, 0.2) is 24.3 Å². The second-order valence-corrected chi connectivity index (χ2v) is 4.35. The SMILES string of the molecule is CC(O)CN(C)CCOc1ccc(Cl)cc1. The van der Waals surface area contributed by atoms with Gasteiger partial charge < -0.3 is 14.7 Å². The Bertz CT molecular complexity index is 300. The fourth-order valence-corrected chi connectivity index (χ4v) is 1.52.